The molecule has 136 valence electrons. The fourth-order valence-corrected chi connectivity index (χ4v) is 3.30. The highest BCUT2D eigenvalue weighted by Gasteiger charge is 2.28. The highest BCUT2D eigenvalue weighted by atomic mass is 16.5. The lowest BCUT2D eigenvalue weighted by Gasteiger charge is -2.40. The minimum Gasteiger partial charge on any atom is -0.464 e. The summed E-state index contributed by atoms with van der Waals surface area (Å²) in [6.07, 6.45) is 2.05. The van der Waals surface area contributed by atoms with E-state index in [-0.39, 0.29) is 11.4 Å². The summed E-state index contributed by atoms with van der Waals surface area (Å²) in [6, 6.07) is 4.14. The summed E-state index contributed by atoms with van der Waals surface area (Å²) in [5, 5.41) is 4.12. The molecule has 1 N–H and O–H groups in total. The highest BCUT2D eigenvalue weighted by Crippen LogP contribution is 2.25. The van der Waals surface area contributed by atoms with Gasteiger partial charge in [-0.1, -0.05) is 0 Å². The van der Waals surface area contributed by atoms with Crippen molar-refractivity contribution in [1.29, 1.82) is 0 Å². The summed E-state index contributed by atoms with van der Waals surface area (Å²) < 4.78 is 11.0. The van der Waals surface area contributed by atoms with Crippen molar-refractivity contribution in [3.8, 4) is 0 Å². The molecule has 1 saturated heterocycles. The van der Waals surface area contributed by atoms with E-state index in [9.17, 15) is 4.79 Å². The Balaban J connectivity index is 1.62. The van der Waals surface area contributed by atoms with Gasteiger partial charge in [0, 0.05) is 36.1 Å². The van der Waals surface area contributed by atoms with Gasteiger partial charge in [-0.15, -0.1) is 0 Å². The average molecular weight is 344 g/mol. The van der Waals surface area contributed by atoms with Gasteiger partial charge in [-0.05, 0) is 51.0 Å². The first-order chi connectivity index (χ1) is 11.9. The minimum absolute atomic E-state index is 0.0299. The number of benzene rings is 1. The second-order valence-electron chi connectivity index (χ2n) is 7.56. The molecule has 1 fully saturated rings. The van der Waals surface area contributed by atoms with Crippen LogP contribution in [0.5, 0.6) is 0 Å². The Labute approximate surface area is 149 Å². The van der Waals surface area contributed by atoms with Crippen molar-refractivity contribution in [2.24, 2.45) is 0 Å². The monoisotopic (exact) mass is 344 g/mol. The number of hydrogen-bond acceptors (Lipinski definition) is 4. The second-order valence-corrected chi connectivity index (χ2v) is 7.56. The predicted molar refractivity (Wildman–Crippen MR) is 98.9 cm³/mol. The zero-order valence-electron chi connectivity index (χ0n) is 15.6. The Hall–Kier alpha value is -1.85. The van der Waals surface area contributed by atoms with Crippen molar-refractivity contribution in [2.45, 2.75) is 39.7 Å². The van der Waals surface area contributed by atoms with Crippen LogP contribution in [0.3, 0.4) is 0 Å². The number of aryl methyl sites for hydroxylation is 2. The van der Waals surface area contributed by atoms with Crippen LogP contribution in [0.15, 0.2) is 22.8 Å². The van der Waals surface area contributed by atoms with Crippen LogP contribution in [0.2, 0.25) is 0 Å². The standard InChI is InChI=1S/C20H28N2O3/c1-14-9-17-16(12-25-18(17)10-15(14)2)11-19(23)21-13-20(3,4)22-5-7-24-8-6-22/h9-10,12H,5-8,11,13H2,1-4H3,(H,21,23). The number of carbonyl (C=O) groups is 1. The smallest absolute Gasteiger partial charge is 0.224 e. The topological polar surface area (TPSA) is 54.7 Å². The van der Waals surface area contributed by atoms with Crippen LogP contribution in [0.25, 0.3) is 11.0 Å². The molecular weight excluding hydrogens is 316 g/mol. The quantitative estimate of drug-likeness (QED) is 0.906. The zero-order valence-corrected chi connectivity index (χ0v) is 15.6. The number of furan rings is 1. The molecular formula is C20H28N2O3. The van der Waals surface area contributed by atoms with Crippen molar-refractivity contribution >= 4 is 16.9 Å². The maximum Gasteiger partial charge on any atom is 0.224 e. The molecule has 2 heterocycles. The summed E-state index contributed by atoms with van der Waals surface area (Å²) >= 11 is 0. The maximum atomic E-state index is 12.4. The fraction of sp³-hybridized carbons (Fsp3) is 0.550. The lowest BCUT2D eigenvalue weighted by Crippen LogP contribution is -2.55. The molecule has 0 unspecified atom stereocenters. The van der Waals surface area contributed by atoms with Gasteiger partial charge in [-0.25, -0.2) is 0 Å². The molecule has 1 aliphatic heterocycles. The van der Waals surface area contributed by atoms with E-state index in [1.165, 1.54) is 11.1 Å². The maximum absolute atomic E-state index is 12.4. The van der Waals surface area contributed by atoms with Crippen LogP contribution in [0, 0.1) is 13.8 Å². The van der Waals surface area contributed by atoms with Crippen LogP contribution in [0.1, 0.15) is 30.5 Å². The molecule has 1 amide bonds. The Morgan fingerprint density at radius 3 is 2.60 bits per heavy atom. The third-order valence-electron chi connectivity index (χ3n) is 5.21. The van der Waals surface area contributed by atoms with Gasteiger partial charge in [0.2, 0.25) is 5.91 Å². The Bertz CT molecular complexity index is 758. The molecule has 0 spiro atoms. The molecule has 0 saturated carbocycles. The lowest BCUT2D eigenvalue weighted by atomic mass is 10.0. The summed E-state index contributed by atoms with van der Waals surface area (Å²) in [5.74, 6) is 0.0299. The van der Waals surface area contributed by atoms with E-state index in [1.54, 1.807) is 6.26 Å². The molecule has 25 heavy (non-hydrogen) atoms. The number of hydrogen-bond donors (Lipinski definition) is 1. The molecule has 5 heteroatoms. The molecule has 0 atom stereocenters. The molecule has 3 rings (SSSR count). The predicted octanol–water partition coefficient (Wildman–Crippen LogP) is 2.82. The normalized spacial score (nSPS) is 16.3. The number of morpholine rings is 1. The zero-order chi connectivity index (χ0) is 18.0. The van der Waals surface area contributed by atoms with Crippen LogP contribution >= 0.6 is 0 Å². The number of nitrogens with one attached hydrogen (secondary N) is 1. The first-order valence-corrected chi connectivity index (χ1v) is 8.93. The fourth-order valence-electron chi connectivity index (χ4n) is 3.30. The van der Waals surface area contributed by atoms with Gasteiger partial charge in [0.25, 0.3) is 0 Å². The summed E-state index contributed by atoms with van der Waals surface area (Å²) in [4.78, 5) is 14.8. The molecule has 1 aromatic heterocycles. The Morgan fingerprint density at radius 1 is 1.20 bits per heavy atom. The number of fused-ring (bicyclic) bond motifs is 1. The molecule has 0 bridgehead atoms. The third kappa shape index (κ3) is 4.05. The summed E-state index contributed by atoms with van der Waals surface area (Å²) in [6.45, 7) is 12.4. The van der Waals surface area contributed by atoms with E-state index in [2.05, 4.69) is 44.0 Å². The molecule has 0 aliphatic carbocycles. The average Bonchev–Trinajstić information content (AvgIpc) is 2.96. The second kappa shape index (κ2) is 7.18. The highest BCUT2D eigenvalue weighted by molar-refractivity contribution is 5.88. The van der Waals surface area contributed by atoms with Gasteiger partial charge in [0.15, 0.2) is 0 Å². The molecule has 1 aliphatic rings. The van der Waals surface area contributed by atoms with E-state index in [0.717, 1.165) is 42.8 Å². The SMILES string of the molecule is Cc1cc2occ(CC(=O)NCC(C)(C)N3CCOCC3)c2cc1C. The van der Waals surface area contributed by atoms with Crippen molar-refractivity contribution in [3.05, 3.63) is 35.1 Å². The van der Waals surface area contributed by atoms with Crippen molar-refractivity contribution in [1.82, 2.24) is 10.2 Å². The van der Waals surface area contributed by atoms with E-state index in [1.807, 2.05) is 6.07 Å². The van der Waals surface area contributed by atoms with Gasteiger partial charge in [0.1, 0.15) is 5.58 Å². The van der Waals surface area contributed by atoms with Gasteiger partial charge in [-0.3, -0.25) is 9.69 Å². The van der Waals surface area contributed by atoms with Gasteiger partial charge < -0.3 is 14.5 Å². The van der Waals surface area contributed by atoms with Crippen molar-refractivity contribution in [3.63, 3.8) is 0 Å². The molecule has 1 aromatic carbocycles. The van der Waals surface area contributed by atoms with Crippen molar-refractivity contribution < 1.29 is 13.9 Å². The van der Waals surface area contributed by atoms with Crippen LogP contribution < -0.4 is 5.32 Å². The Kier molecular flexibility index (Phi) is 5.16. The van der Waals surface area contributed by atoms with E-state index >= 15 is 0 Å². The number of rotatable bonds is 5. The first kappa shape index (κ1) is 18.0. The minimum atomic E-state index is -0.0778. The van der Waals surface area contributed by atoms with E-state index in [4.69, 9.17) is 9.15 Å². The number of amides is 1. The van der Waals surface area contributed by atoms with E-state index < -0.39 is 0 Å². The molecule has 5 nitrogen and oxygen atoms in total. The van der Waals surface area contributed by atoms with Gasteiger partial charge in [0.05, 0.1) is 25.9 Å². The van der Waals surface area contributed by atoms with Crippen LogP contribution in [-0.4, -0.2) is 49.2 Å². The third-order valence-corrected chi connectivity index (χ3v) is 5.21. The first-order valence-electron chi connectivity index (χ1n) is 8.93. The largest absolute Gasteiger partial charge is 0.464 e. The van der Waals surface area contributed by atoms with Crippen LogP contribution in [0.4, 0.5) is 0 Å². The van der Waals surface area contributed by atoms with E-state index in [0.29, 0.717) is 13.0 Å². The summed E-state index contributed by atoms with van der Waals surface area (Å²) in [7, 11) is 0. The Morgan fingerprint density at radius 2 is 1.88 bits per heavy atom. The lowest BCUT2D eigenvalue weighted by molar-refractivity contribution is -0.121. The van der Waals surface area contributed by atoms with Gasteiger partial charge >= 0.3 is 0 Å². The summed E-state index contributed by atoms with van der Waals surface area (Å²) in [5.41, 5.74) is 4.12. The molecule has 0 radical (unpaired) electrons. The number of ether oxygens (including phenoxy) is 1. The van der Waals surface area contributed by atoms with Gasteiger partial charge in [-0.2, -0.15) is 0 Å². The number of carbonyl (C=O) groups excluding carboxylic acids is 1. The van der Waals surface area contributed by atoms with Crippen molar-refractivity contribution in [2.75, 3.05) is 32.8 Å². The number of nitrogens with zero attached hydrogens (tertiary/aromatic N) is 1. The molecule has 2 aromatic rings. The van der Waals surface area contributed by atoms with Crippen LogP contribution in [-0.2, 0) is 16.0 Å².